The smallest absolute Gasteiger partial charge is 0.251 e. The summed E-state index contributed by atoms with van der Waals surface area (Å²) >= 11 is 1.40. The lowest BCUT2D eigenvalue weighted by atomic mass is 9.88. The highest BCUT2D eigenvalue weighted by Gasteiger charge is 2.26. The molecule has 30 heavy (non-hydrogen) atoms. The number of carbonyl (C=O) groups excluding carboxylic acids is 2. The van der Waals surface area contributed by atoms with Gasteiger partial charge in [-0.1, -0.05) is 18.6 Å². The molecule has 6 nitrogen and oxygen atoms in total. The van der Waals surface area contributed by atoms with E-state index in [1.807, 2.05) is 13.0 Å². The quantitative estimate of drug-likeness (QED) is 0.620. The van der Waals surface area contributed by atoms with Crippen molar-refractivity contribution in [2.45, 2.75) is 33.1 Å². The van der Waals surface area contributed by atoms with Gasteiger partial charge >= 0.3 is 0 Å². The number of thiophene rings is 1. The van der Waals surface area contributed by atoms with E-state index >= 15 is 0 Å². The van der Waals surface area contributed by atoms with Crippen LogP contribution in [0.15, 0.2) is 39.7 Å². The summed E-state index contributed by atoms with van der Waals surface area (Å²) in [5, 5.41) is 3.70. The van der Waals surface area contributed by atoms with E-state index in [1.54, 1.807) is 12.1 Å². The molecule has 1 unspecified atom stereocenters. The highest BCUT2D eigenvalue weighted by Crippen LogP contribution is 2.39. The molecule has 2 aromatic heterocycles. The number of amides is 2. The lowest BCUT2D eigenvalue weighted by molar-refractivity contribution is -0.111. The van der Waals surface area contributed by atoms with Crippen molar-refractivity contribution in [1.82, 2.24) is 0 Å². The highest BCUT2D eigenvalue weighted by molar-refractivity contribution is 7.17. The first kappa shape index (κ1) is 20.1. The maximum Gasteiger partial charge on any atom is 0.251 e. The maximum atomic E-state index is 12.7. The van der Waals surface area contributed by atoms with Gasteiger partial charge in [0.2, 0.25) is 5.91 Å². The molecule has 0 radical (unpaired) electrons. The zero-order valence-corrected chi connectivity index (χ0v) is 17.6. The highest BCUT2D eigenvalue weighted by atomic mass is 32.1. The van der Waals surface area contributed by atoms with Crippen molar-refractivity contribution in [2.24, 2.45) is 11.7 Å². The van der Waals surface area contributed by atoms with Gasteiger partial charge < -0.3 is 15.5 Å². The van der Waals surface area contributed by atoms with Crippen LogP contribution < -0.4 is 16.5 Å². The second kappa shape index (κ2) is 7.91. The van der Waals surface area contributed by atoms with Crippen LogP contribution >= 0.6 is 11.3 Å². The number of hydrogen-bond donors (Lipinski definition) is 2. The Morgan fingerprint density at radius 1 is 1.33 bits per heavy atom. The summed E-state index contributed by atoms with van der Waals surface area (Å²) in [5.74, 6) is -0.434. The Kier molecular flexibility index (Phi) is 5.30. The van der Waals surface area contributed by atoms with Crippen LogP contribution in [0.2, 0.25) is 0 Å². The van der Waals surface area contributed by atoms with Crippen LogP contribution in [0, 0.1) is 12.8 Å². The van der Waals surface area contributed by atoms with Crippen molar-refractivity contribution in [3.63, 3.8) is 0 Å². The number of aryl methyl sites for hydroxylation is 1. The molecule has 0 saturated heterocycles. The second-order valence-corrected chi connectivity index (χ2v) is 8.87. The van der Waals surface area contributed by atoms with Gasteiger partial charge in [-0.3, -0.25) is 14.4 Å². The summed E-state index contributed by atoms with van der Waals surface area (Å²) in [7, 11) is 0. The Morgan fingerprint density at radius 3 is 2.90 bits per heavy atom. The first-order valence-electron chi connectivity index (χ1n) is 9.79. The SMILES string of the molecule is Cc1ccc2occ(/C=C/C(=O)Nc3sc4c(c3C(N)=O)CCC(C)C4)c(=O)c2c1. The Morgan fingerprint density at radius 2 is 2.13 bits per heavy atom. The van der Waals surface area contributed by atoms with Crippen LogP contribution in [0.5, 0.6) is 0 Å². The van der Waals surface area contributed by atoms with Crippen LogP contribution in [-0.2, 0) is 17.6 Å². The summed E-state index contributed by atoms with van der Waals surface area (Å²) in [6, 6.07) is 5.37. The Labute approximate surface area is 177 Å². The van der Waals surface area contributed by atoms with E-state index in [1.165, 1.54) is 29.8 Å². The summed E-state index contributed by atoms with van der Waals surface area (Å²) in [6.45, 7) is 4.07. The van der Waals surface area contributed by atoms with Crippen molar-refractivity contribution >= 4 is 45.2 Å². The van der Waals surface area contributed by atoms with Crippen LogP contribution in [0.4, 0.5) is 5.00 Å². The van der Waals surface area contributed by atoms with E-state index in [-0.39, 0.29) is 11.0 Å². The molecule has 4 rings (SSSR count). The number of nitrogens with two attached hydrogens (primary N) is 1. The summed E-state index contributed by atoms with van der Waals surface area (Å²) in [5.41, 5.74) is 8.46. The molecule has 154 valence electrons. The van der Waals surface area contributed by atoms with Crippen molar-refractivity contribution in [3.8, 4) is 0 Å². The third-order valence-electron chi connectivity index (χ3n) is 5.36. The molecule has 1 aliphatic carbocycles. The lowest BCUT2D eigenvalue weighted by Gasteiger charge is -2.18. The molecule has 0 saturated carbocycles. The minimum atomic E-state index is -0.535. The Balaban J connectivity index is 1.59. The number of carbonyl (C=O) groups is 2. The molecule has 2 amide bonds. The molecular weight excluding hydrogens is 400 g/mol. The van der Waals surface area contributed by atoms with Gasteiger partial charge in [-0.15, -0.1) is 11.3 Å². The zero-order chi connectivity index (χ0) is 21.4. The fraction of sp³-hybridized carbons (Fsp3) is 0.261. The topological polar surface area (TPSA) is 102 Å². The minimum Gasteiger partial charge on any atom is -0.463 e. The summed E-state index contributed by atoms with van der Waals surface area (Å²) in [4.78, 5) is 38.3. The molecule has 0 aliphatic heterocycles. The van der Waals surface area contributed by atoms with Gasteiger partial charge in [-0.25, -0.2) is 0 Å². The standard InChI is InChI=1S/C23H22N2O4S/c1-12-4-7-17-16(9-12)21(27)14(11-29-17)5-8-19(26)25-23-20(22(24)28)15-6-3-13(2)10-18(15)30-23/h4-5,7-9,11,13H,3,6,10H2,1-2H3,(H2,24,28)(H,25,26)/b8-5+. The predicted molar refractivity (Wildman–Crippen MR) is 119 cm³/mol. The third kappa shape index (κ3) is 3.80. The molecule has 2 heterocycles. The molecule has 1 atom stereocenters. The largest absolute Gasteiger partial charge is 0.463 e. The van der Waals surface area contributed by atoms with Gasteiger partial charge in [0, 0.05) is 11.0 Å². The number of fused-ring (bicyclic) bond motifs is 2. The fourth-order valence-electron chi connectivity index (χ4n) is 3.79. The van der Waals surface area contributed by atoms with Gasteiger partial charge in [0.25, 0.3) is 5.91 Å². The lowest BCUT2D eigenvalue weighted by Crippen LogP contribution is -2.18. The summed E-state index contributed by atoms with van der Waals surface area (Å²) in [6.07, 6.45) is 6.68. The zero-order valence-electron chi connectivity index (χ0n) is 16.8. The molecule has 0 fully saturated rings. The van der Waals surface area contributed by atoms with E-state index in [0.717, 1.165) is 35.3 Å². The van der Waals surface area contributed by atoms with Crippen molar-refractivity contribution in [1.29, 1.82) is 0 Å². The maximum absolute atomic E-state index is 12.7. The Hall–Kier alpha value is -3.19. The van der Waals surface area contributed by atoms with Crippen LogP contribution in [0.3, 0.4) is 0 Å². The fourth-order valence-corrected chi connectivity index (χ4v) is 5.21. The molecule has 1 aromatic carbocycles. The van der Waals surface area contributed by atoms with Gasteiger partial charge in [-0.2, -0.15) is 0 Å². The predicted octanol–water partition coefficient (Wildman–Crippen LogP) is 4.04. The van der Waals surface area contributed by atoms with E-state index in [9.17, 15) is 14.4 Å². The second-order valence-electron chi connectivity index (χ2n) is 7.76. The van der Waals surface area contributed by atoms with Crippen LogP contribution in [-0.4, -0.2) is 11.8 Å². The molecule has 3 aromatic rings. The minimum absolute atomic E-state index is 0.206. The number of anilines is 1. The number of primary amides is 1. The molecule has 7 heteroatoms. The number of nitrogens with one attached hydrogen (secondary N) is 1. The van der Waals surface area contributed by atoms with Gasteiger partial charge in [0.15, 0.2) is 5.43 Å². The normalized spacial score (nSPS) is 16.0. The van der Waals surface area contributed by atoms with Gasteiger partial charge in [0.1, 0.15) is 16.8 Å². The Bertz CT molecular complexity index is 1250. The number of hydrogen-bond acceptors (Lipinski definition) is 5. The number of rotatable bonds is 4. The molecule has 3 N–H and O–H groups in total. The van der Waals surface area contributed by atoms with Gasteiger partial charge in [-0.05, 0) is 55.9 Å². The van der Waals surface area contributed by atoms with Crippen molar-refractivity contribution in [2.75, 3.05) is 5.32 Å². The van der Waals surface area contributed by atoms with E-state index in [4.69, 9.17) is 10.2 Å². The van der Waals surface area contributed by atoms with Crippen molar-refractivity contribution < 1.29 is 14.0 Å². The molecule has 1 aliphatic rings. The third-order valence-corrected chi connectivity index (χ3v) is 6.53. The van der Waals surface area contributed by atoms with Gasteiger partial charge in [0.05, 0.1) is 16.5 Å². The first-order valence-corrected chi connectivity index (χ1v) is 10.6. The summed E-state index contributed by atoms with van der Waals surface area (Å²) < 4.78 is 5.50. The van der Waals surface area contributed by atoms with Crippen LogP contribution in [0.1, 0.15) is 45.3 Å². The monoisotopic (exact) mass is 422 g/mol. The average Bonchev–Trinajstić information content (AvgIpc) is 3.04. The molecule has 0 bridgehead atoms. The first-order chi connectivity index (χ1) is 14.3. The number of benzene rings is 1. The molecule has 0 spiro atoms. The van der Waals surface area contributed by atoms with E-state index in [0.29, 0.717) is 27.5 Å². The van der Waals surface area contributed by atoms with E-state index in [2.05, 4.69) is 12.2 Å². The van der Waals surface area contributed by atoms with Crippen molar-refractivity contribution in [3.05, 3.63) is 67.9 Å². The van der Waals surface area contributed by atoms with E-state index < -0.39 is 11.8 Å². The van der Waals surface area contributed by atoms with Crippen LogP contribution in [0.25, 0.3) is 17.0 Å². The molecular formula is C23H22N2O4S. The average molecular weight is 423 g/mol.